The quantitative estimate of drug-likeness (QED) is 0.761. The number of aliphatic hydroxyl groups is 1. The highest BCUT2D eigenvalue weighted by Gasteiger charge is 2.08. The summed E-state index contributed by atoms with van der Waals surface area (Å²) in [7, 11) is 0. The van der Waals surface area contributed by atoms with Crippen molar-refractivity contribution >= 4 is 32.7 Å². The van der Waals surface area contributed by atoms with Crippen LogP contribution in [0.4, 0.5) is 5.82 Å². The Hall–Kier alpha value is -1.98. The van der Waals surface area contributed by atoms with Crippen molar-refractivity contribution in [1.82, 2.24) is 9.97 Å². The van der Waals surface area contributed by atoms with Crippen LogP contribution in [0.5, 0.6) is 0 Å². The van der Waals surface area contributed by atoms with E-state index in [1.807, 2.05) is 48.5 Å². The molecule has 1 aromatic heterocycles. The molecule has 0 fully saturated rings. The SMILES string of the molecule is OCCNc1nc(-c2ccc(Br)cc2)nc2ccccc12. The zero-order valence-corrected chi connectivity index (χ0v) is 12.8. The van der Waals surface area contributed by atoms with Gasteiger partial charge in [0.2, 0.25) is 0 Å². The Morgan fingerprint density at radius 2 is 1.76 bits per heavy atom. The second-order valence-electron chi connectivity index (χ2n) is 4.57. The summed E-state index contributed by atoms with van der Waals surface area (Å²) in [6.45, 7) is 0.521. The lowest BCUT2D eigenvalue weighted by Gasteiger charge is -2.10. The molecule has 0 aliphatic rings. The van der Waals surface area contributed by atoms with Gasteiger partial charge >= 0.3 is 0 Å². The maximum atomic E-state index is 9.01. The van der Waals surface area contributed by atoms with Gasteiger partial charge in [-0.15, -0.1) is 0 Å². The maximum Gasteiger partial charge on any atom is 0.162 e. The Morgan fingerprint density at radius 3 is 2.52 bits per heavy atom. The van der Waals surface area contributed by atoms with Gasteiger partial charge in [-0.25, -0.2) is 9.97 Å². The van der Waals surface area contributed by atoms with Crippen molar-refractivity contribution in [2.45, 2.75) is 0 Å². The predicted octanol–water partition coefficient (Wildman–Crippen LogP) is 3.46. The number of anilines is 1. The topological polar surface area (TPSA) is 58.0 Å². The lowest BCUT2D eigenvalue weighted by molar-refractivity contribution is 0.311. The van der Waals surface area contributed by atoms with Crippen molar-refractivity contribution in [1.29, 1.82) is 0 Å². The van der Waals surface area contributed by atoms with E-state index < -0.39 is 0 Å². The van der Waals surface area contributed by atoms with Crippen LogP contribution in [0.25, 0.3) is 22.3 Å². The van der Waals surface area contributed by atoms with E-state index in [2.05, 4.69) is 31.2 Å². The molecule has 0 aliphatic heterocycles. The molecule has 0 amide bonds. The average molecular weight is 344 g/mol. The molecular weight excluding hydrogens is 330 g/mol. The zero-order chi connectivity index (χ0) is 14.7. The Labute approximate surface area is 131 Å². The van der Waals surface area contributed by atoms with Crippen LogP contribution in [0.3, 0.4) is 0 Å². The van der Waals surface area contributed by atoms with Crippen molar-refractivity contribution < 1.29 is 5.11 Å². The Bertz CT molecular complexity index is 759. The molecule has 2 aromatic carbocycles. The van der Waals surface area contributed by atoms with Crippen molar-refractivity contribution in [3.8, 4) is 11.4 Å². The smallest absolute Gasteiger partial charge is 0.162 e. The van der Waals surface area contributed by atoms with Gasteiger partial charge < -0.3 is 10.4 Å². The number of aromatic nitrogens is 2. The predicted molar refractivity (Wildman–Crippen MR) is 88.2 cm³/mol. The highest BCUT2D eigenvalue weighted by atomic mass is 79.9. The van der Waals surface area contributed by atoms with Crippen LogP contribution in [-0.4, -0.2) is 28.2 Å². The van der Waals surface area contributed by atoms with Crippen molar-refractivity contribution in [3.05, 3.63) is 53.0 Å². The van der Waals surface area contributed by atoms with E-state index in [9.17, 15) is 0 Å². The summed E-state index contributed by atoms with van der Waals surface area (Å²) in [5.41, 5.74) is 1.84. The number of hydrogen-bond acceptors (Lipinski definition) is 4. The summed E-state index contributed by atoms with van der Waals surface area (Å²) in [5.74, 6) is 1.41. The van der Waals surface area contributed by atoms with Gasteiger partial charge in [-0.2, -0.15) is 0 Å². The third-order valence-corrected chi connectivity index (χ3v) is 3.64. The molecule has 0 aliphatic carbocycles. The first-order valence-electron chi connectivity index (χ1n) is 6.65. The van der Waals surface area contributed by atoms with Crippen molar-refractivity contribution in [2.24, 2.45) is 0 Å². The van der Waals surface area contributed by atoms with Gasteiger partial charge in [0.05, 0.1) is 12.1 Å². The minimum Gasteiger partial charge on any atom is -0.395 e. The van der Waals surface area contributed by atoms with E-state index >= 15 is 0 Å². The van der Waals surface area contributed by atoms with Gasteiger partial charge in [0.25, 0.3) is 0 Å². The highest BCUT2D eigenvalue weighted by Crippen LogP contribution is 2.25. The molecule has 0 unspecified atom stereocenters. The van der Waals surface area contributed by atoms with Crippen LogP contribution >= 0.6 is 15.9 Å². The van der Waals surface area contributed by atoms with Crippen molar-refractivity contribution in [3.63, 3.8) is 0 Å². The first-order chi connectivity index (χ1) is 10.3. The third kappa shape index (κ3) is 3.04. The molecule has 0 radical (unpaired) electrons. The molecule has 106 valence electrons. The van der Waals surface area contributed by atoms with Gasteiger partial charge in [0.15, 0.2) is 5.82 Å². The molecule has 0 spiro atoms. The fraction of sp³-hybridized carbons (Fsp3) is 0.125. The number of rotatable bonds is 4. The third-order valence-electron chi connectivity index (χ3n) is 3.11. The molecule has 5 heteroatoms. The normalized spacial score (nSPS) is 10.8. The Kier molecular flexibility index (Phi) is 4.13. The molecule has 21 heavy (non-hydrogen) atoms. The van der Waals surface area contributed by atoms with Crippen LogP contribution < -0.4 is 5.32 Å². The van der Waals surface area contributed by atoms with Crippen molar-refractivity contribution in [2.75, 3.05) is 18.5 Å². The van der Waals surface area contributed by atoms with Crippen LogP contribution in [0.2, 0.25) is 0 Å². The number of nitrogens with zero attached hydrogens (tertiary/aromatic N) is 2. The summed E-state index contributed by atoms with van der Waals surface area (Å²) < 4.78 is 1.02. The number of aliphatic hydroxyl groups excluding tert-OH is 1. The minimum atomic E-state index is 0.0615. The first-order valence-corrected chi connectivity index (χ1v) is 7.44. The monoisotopic (exact) mass is 343 g/mol. The van der Waals surface area contributed by atoms with Gasteiger partial charge in [0, 0.05) is 22.0 Å². The average Bonchev–Trinajstić information content (AvgIpc) is 2.53. The van der Waals surface area contributed by atoms with Crippen LogP contribution in [0, 0.1) is 0 Å². The lowest BCUT2D eigenvalue weighted by Crippen LogP contribution is -2.08. The molecule has 1 heterocycles. The highest BCUT2D eigenvalue weighted by molar-refractivity contribution is 9.10. The van der Waals surface area contributed by atoms with Gasteiger partial charge in [-0.3, -0.25) is 0 Å². The van der Waals surface area contributed by atoms with E-state index in [0.29, 0.717) is 12.4 Å². The molecule has 0 saturated heterocycles. The number of benzene rings is 2. The van der Waals surface area contributed by atoms with Gasteiger partial charge in [-0.05, 0) is 24.3 Å². The number of fused-ring (bicyclic) bond motifs is 1. The Morgan fingerprint density at radius 1 is 1.00 bits per heavy atom. The van der Waals surface area contributed by atoms with Crippen LogP contribution in [-0.2, 0) is 0 Å². The van der Waals surface area contributed by atoms with Crippen LogP contribution in [0.15, 0.2) is 53.0 Å². The van der Waals surface area contributed by atoms with E-state index in [1.165, 1.54) is 0 Å². The molecule has 0 saturated carbocycles. The standard InChI is InChI=1S/C16H14BrN3O/c17-12-7-5-11(6-8-12)15-19-14-4-2-1-3-13(14)16(20-15)18-9-10-21/h1-8,21H,9-10H2,(H,18,19,20). The second kappa shape index (κ2) is 6.20. The summed E-state index contributed by atoms with van der Waals surface area (Å²) in [5, 5.41) is 13.1. The zero-order valence-electron chi connectivity index (χ0n) is 11.3. The number of para-hydroxylation sites is 1. The molecule has 0 bridgehead atoms. The van der Waals surface area contributed by atoms with E-state index in [4.69, 9.17) is 5.11 Å². The molecule has 3 aromatic rings. The van der Waals surface area contributed by atoms with E-state index in [0.717, 1.165) is 26.8 Å². The largest absolute Gasteiger partial charge is 0.395 e. The summed E-state index contributed by atoms with van der Waals surface area (Å²) >= 11 is 3.43. The Balaban J connectivity index is 2.12. The molecular formula is C16H14BrN3O. The summed E-state index contributed by atoms with van der Waals surface area (Å²) in [4.78, 5) is 9.20. The molecule has 0 atom stereocenters. The first kappa shape index (κ1) is 14.0. The number of hydrogen-bond donors (Lipinski definition) is 2. The van der Waals surface area contributed by atoms with Crippen LogP contribution in [0.1, 0.15) is 0 Å². The summed E-state index contributed by atoms with van der Waals surface area (Å²) in [6.07, 6.45) is 0. The minimum absolute atomic E-state index is 0.0615. The van der Waals surface area contributed by atoms with E-state index in [-0.39, 0.29) is 6.61 Å². The fourth-order valence-corrected chi connectivity index (χ4v) is 2.38. The summed E-state index contributed by atoms with van der Waals surface area (Å²) in [6, 6.07) is 15.7. The number of nitrogens with one attached hydrogen (secondary N) is 1. The molecule has 2 N–H and O–H groups in total. The van der Waals surface area contributed by atoms with Gasteiger partial charge in [0.1, 0.15) is 5.82 Å². The lowest BCUT2D eigenvalue weighted by atomic mass is 10.2. The van der Waals surface area contributed by atoms with Gasteiger partial charge in [-0.1, -0.05) is 40.2 Å². The maximum absolute atomic E-state index is 9.01. The number of halogens is 1. The molecule has 4 nitrogen and oxygen atoms in total. The fourth-order valence-electron chi connectivity index (χ4n) is 2.11. The second-order valence-corrected chi connectivity index (χ2v) is 5.49. The van der Waals surface area contributed by atoms with E-state index in [1.54, 1.807) is 0 Å². The molecule has 3 rings (SSSR count).